The molecule has 1 heterocycles. The molecule has 1 aromatic carbocycles. The monoisotopic (exact) mass is 255 g/mol. The lowest BCUT2D eigenvalue weighted by atomic mass is 10.2. The molecule has 1 aliphatic heterocycles. The van der Waals surface area contributed by atoms with E-state index in [9.17, 15) is 4.39 Å². The minimum atomic E-state index is -0.146. The van der Waals surface area contributed by atoms with Crippen molar-refractivity contribution in [2.45, 2.75) is 29.5 Å². The maximum atomic E-state index is 13.4. The standard InChI is InChI=1S/C13H18FNOS/c1-15-9-10-6-11(14)8-13(7-10)17-12-2-4-16-5-3-12/h6-8,12,15H,2-5,9H2,1H3. The van der Waals surface area contributed by atoms with Gasteiger partial charge in [0.1, 0.15) is 5.82 Å². The van der Waals surface area contributed by atoms with Gasteiger partial charge in [-0.05, 0) is 43.7 Å². The number of hydrogen-bond donors (Lipinski definition) is 1. The molecule has 4 heteroatoms. The first-order valence-corrected chi connectivity index (χ1v) is 6.84. The number of nitrogens with one attached hydrogen (secondary N) is 1. The van der Waals surface area contributed by atoms with Gasteiger partial charge in [-0.3, -0.25) is 0 Å². The molecular formula is C13H18FNOS. The van der Waals surface area contributed by atoms with E-state index in [0.29, 0.717) is 11.8 Å². The van der Waals surface area contributed by atoms with Crippen molar-refractivity contribution in [2.24, 2.45) is 0 Å². The van der Waals surface area contributed by atoms with Crippen LogP contribution in [0.3, 0.4) is 0 Å². The highest BCUT2D eigenvalue weighted by molar-refractivity contribution is 8.00. The van der Waals surface area contributed by atoms with Gasteiger partial charge in [-0.2, -0.15) is 0 Å². The molecule has 94 valence electrons. The van der Waals surface area contributed by atoms with Crippen LogP contribution in [0, 0.1) is 5.82 Å². The molecule has 2 nitrogen and oxygen atoms in total. The Bertz CT molecular complexity index is 366. The summed E-state index contributed by atoms with van der Waals surface area (Å²) < 4.78 is 18.8. The Balaban J connectivity index is 2.03. The van der Waals surface area contributed by atoms with E-state index in [2.05, 4.69) is 11.4 Å². The average molecular weight is 255 g/mol. The molecule has 0 spiro atoms. The molecule has 1 N–H and O–H groups in total. The first-order valence-electron chi connectivity index (χ1n) is 5.96. The summed E-state index contributed by atoms with van der Waals surface area (Å²) in [4.78, 5) is 1.03. The van der Waals surface area contributed by atoms with Crippen molar-refractivity contribution in [3.63, 3.8) is 0 Å². The van der Waals surface area contributed by atoms with E-state index < -0.39 is 0 Å². The van der Waals surface area contributed by atoms with Crippen LogP contribution in [0.5, 0.6) is 0 Å². The van der Waals surface area contributed by atoms with Gasteiger partial charge in [0.05, 0.1) is 0 Å². The maximum Gasteiger partial charge on any atom is 0.124 e. The van der Waals surface area contributed by atoms with Gasteiger partial charge < -0.3 is 10.1 Å². The second-order valence-electron chi connectivity index (χ2n) is 4.26. The lowest BCUT2D eigenvalue weighted by Gasteiger charge is -2.21. The van der Waals surface area contributed by atoms with E-state index in [0.717, 1.165) is 36.5 Å². The minimum Gasteiger partial charge on any atom is -0.381 e. The lowest BCUT2D eigenvalue weighted by molar-refractivity contribution is 0.100. The fourth-order valence-corrected chi connectivity index (χ4v) is 3.19. The molecule has 0 amide bonds. The van der Waals surface area contributed by atoms with Gasteiger partial charge >= 0.3 is 0 Å². The van der Waals surface area contributed by atoms with Gasteiger partial charge in [0.2, 0.25) is 0 Å². The van der Waals surface area contributed by atoms with Crippen molar-refractivity contribution in [1.29, 1.82) is 0 Å². The van der Waals surface area contributed by atoms with Gasteiger partial charge in [0.25, 0.3) is 0 Å². The molecule has 0 unspecified atom stereocenters. The van der Waals surface area contributed by atoms with Crippen LogP contribution in [0.25, 0.3) is 0 Å². The summed E-state index contributed by atoms with van der Waals surface area (Å²) >= 11 is 1.77. The molecule has 0 aliphatic carbocycles. The summed E-state index contributed by atoms with van der Waals surface area (Å²) in [5.74, 6) is -0.146. The predicted octanol–water partition coefficient (Wildman–Crippen LogP) is 2.82. The van der Waals surface area contributed by atoms with E-state index in [4.69, 9.17) is 4.74 Å². The Morgan fingerprint density at radius 2 is 2.12 bits per heavy atom. The zero-order chi connectivity index (χ0) is 12.1. The van der Waals surface area contributed by atoms with Crippen molar-refractivity contribution in [1.82, 2.24) is 5.32 Å². The zero-order valence-electron chi connectivity index (χ0n) is 10.0. The number of rotatable bonds is 4. The largest absolute Gasteiger partial charge is 0.381 e. The van der Waals surface area contributed by atoms with Crippen LogP contribution < -0.4 is 5.32 Å². The number of hydrogen-bond acceptors (Lipinski definition) is 3. The van der Waals surface area contributed by atoms with E-state index in [-0.39, 0.29) is 5.82 Å². The molecule has 0 bridgehead atoms. The Morgan fingerprint density at radius 1 is 1.35 bits per heavy atom. The minimum absolute atomic E-state index is 0.146. The number of thioether (sulfide) groups is 1. The van der Waals surface area contributed by atoms with E-state index in [1.54, 1.807) is 23.9 Å². The van der Waals surface area contributed by atoms with Crippen molar-refractivity contribution in [3.05, 3.63) is 29.6 Å². The van der Waals surface area contributed by atoms with Crippen LogP contribution in [0.1, 0.15) is 18.4 Å². The fourth-order valence-electron chi connectivity index (χ4n) is 1.98. The van der Waals surface area contributed by atoms with Crippen molar-refractivity contribution in [2.75, 3.05) is 20.3 Å². The summed E-state index contributed by atoms with van der Waals surface area (Å²) in [5, 5.41) is 3.61. The fraction of sp³-hybridized carbons (Fsp3) is 0.538. The Kier molecular flexibility index (Phi) is 4.83. The maximum absolute atomic E-state index is 13.4. The third-order valence-electron chi connectivity index (χ3n) is 2.78. The third-order valence-corrected chi connectivity index (χ3v) is 4.10. The van der Waals surface area contributed by atoms with Gasteiger partial charge in [0.15, 0.2) is 0 Å². The zero-order valence-corrected chi connectivity index (χ0v) is 10.9. The third kappa shape index (κ3) is 3.98. The summed E-state index contributed by atoms with van der Waals surface area (Å²) in [6.07, 6.45) is 2.12. The number of benzene rings is 1. The predicted molar refractivity (Wildman–Crippen MR) is 68.9 cm³/mol. The Labute approximate surface area is 106 Å². The van der Waals surface area contributed by atoms with Gasteiger partial charge in [-0.1, -0.05) is 0 Å². The first kappa shape index (κ1) is 12.9. The lowest BCUT2D eigenvalue weighted by Crippen LogP contribution is -2.17. The Morgan fingerprint density at radius 3 is 2.82 bits per heavy atom. The highest BCUT2D eigenvalue weighted by atomic mass is 32.2. The van der Waals surface area contributed by atoms with Gasteiger partial charge in [0, 0.05) is 29.9 Å². The van der Waals surface area contributed by atoms with Crippen LogP contribution in [-0.4, -0.2) is 25.5 Å². The molecule has 0 radical (unpaired) electrons. The molecular weight excluding hydrogens is 237 g/mol. The van der Waals surface area contributed by atoms with Crippen LogP contribution in [0.2, 0.25) is 0 Å². The molecule has 1 aliphatic rings. The van der Waals surface area contributed by atoms with Crippen LogP contribution in [-0.2, 0) is 11.3 Å². The van der Waals surface area contributed by atoms with E-state index in [1.165, 1.54) is 0 Å². The normalized spacial score (nSPS) is 17.3. The second kappa shape index (κ2) is 6.38. The molecule has 0 aromatic heterocycles. The Hall–Kier alpha value is -0.580. The SMILES string of the molecule is CNCc1cc(F)cc(SC2CCOCC2)c1. The molecule has 1 aromatic rings. The van der Waals surface area contributed by atoms with E-state index >= 15 is 0 Å². The highest BCUT2D eigenvalue weighted by Gasteiger charge is 2.15. The molecule has 2 rings (SSSR count). The average Bonchev–Trinajstić information content (AvgIpc) is 2.30. The summed E-state index contributed by atoms with van der Waals surface area (Å²) in [7, 11) is 1.87. The first-order chi connectivity index (χ1) is 8.28. The van der Waals surface area contributed by atoms with Crippen molar-refractivity contribution >= 4 is 11.8 Å². The smallest absolute Gasteiger partial charge is 0.124 e. The van der Waals surface area contributed by atoms with Crippen molar-refractivity contribution in [3.8, 4) is 0 Å². The molecule has 17 heavy (non-hydrogen) atoms. The number of halogens is 1. The van der Waals surface area contributed by atoms with E-state index in [1.807, 2.05) is 7.05 Å². The molecule has 1 saturated heterocycles. The van der Waals surface area contributed by atoms with Gasteiger partial charge in [-0.25, -0.2) is 4.39 Å². The number of ether oxygens (including phenoxy) is 1. The van der Waals surface area contributed by atoms with Crippen LogP contribution >= 0.6 is 11.8 Å². The molecule has 0 atom stereocenters. The molecule has 1 fully saturated rings. The summed E-state index contributed by atoms with van der Waals surface area (Å²) in [6, 6.07) is 5.28. The highest BCUT2D eigenvalue weighted by Crippen LogP contribution is 2.30. The molecule has 0 saturated carbocycles. The second-order valence-corrected chi connectivity index (χ2v) is 5.63. The van der Waals surface area contributed by atoms with Crippen LogP contribution in [0.15, 0.2) is 23.1 Å². The topological polar surface area (TPSA) is 21.3 Å². The van der Waals surface area contributed by atoms with Crippen molar-refractivity contribution < 1.29 is 9.13 Å². The van der Waals surface area contributed by atoms with Gasteiger partial charge in [-0.15, -0.1) is 11.8 Å². The quantitative estimate of drug-likeness (QED) is 0.894. The summed E-state index contributed by atoms with van der Waals surface area (Å²) in [6.45, 7) is 2.37. The summed E-state index contributed by atoms with van der Waals surface area (Å²) in [5.41, 5.74) is 1.00. The van der Waals surface area contributed by atoms with Crippen LogP contribution in [0.4, 0.5) is 4.39 Å².